The number of hydrogen-bond acceptors (Lipinski definition) is 10. The zero-order valence-electron chi connectivity index (χ0n) is 24.5. The van der Waals surface area contributed by atoms with E-state index in [1.54, 1.807) is 10.9 Å². The van der Waals surface area contributed by atoms with Crippen LogP contribution in [-0.2, 0) is 30.0 Å². The van der Waals surface area contributed by atoms with Gasteiger partial charge in [-0.25, -0.2) is 4.98 Å². The molecule has 3 heterocycles. The summed E-state index contributed by atoms with van der Waals surface area (Å²) in [5.41, 5.74) is 7.14. The van der Waals surface area contributed by atoms with Crippen LogP contribution in [-0.4, -0.2) is 57.5 Å². The van der Waals surface area contributed by atoms with Gasteiger partial charge >= 0.3 is 0 Å². The maximum Gasteiger partial charge on any atom is 0.280 e. The number of rotatable bonds is 9. The molecule has 1 aliphatic heterocycles. The molecule has 2 aliphatic rings. The van der Waals surface area contributed by atoms with Gasteiger partial charge in [0.25, 0.3) is 5.56 Å². The van der Waals surface area contributed by atoms with Crippen molar-refractivity contribution in [3.63, 3.8) is 0 Å². The maximum atomic E-state index is 12.3. The average Bonchev–Trinajstić information content (AvgIpc) is 3.42. The van der Waals surface area contributed by atoms with Gasteiger partial charge in [-0.1, -0.05) is 32.9 Å². The van der Waals surface area contributed by atoms with E-state index >= 15 is 0 Å². The molecule has 3 N–H and O–H groups in total. The SMILES string of the molecule is C=C(C)[C@@H]1CC[C@](C)(S)[C@@H](O[PH](=S)O[C@H]2C[C@H](n3cnc4c(=O)[nH]c(N)nc43)O[C@@H]2CO[Si](C)(C)C(C)(C)C)C1. The van der Waals surface area contributed by atoms with Gasteiger partial charge in [0.15, 0.2) is 26.6 Å². The number of fused-ring (bicyclic) bond motifs is 1. The summed E-state index contributed by atoms with van der Waals surface area (Å²) in [6.45, 7) is 19.7. The van der Waals surface area contributed by atoms with Crippen LogP contribution in [0.2, 0.25) is 18.1 Å². The summed E-state index contributed by atoms with van der Waals surface area (Å²) < 4.78 is 27.3. The third-order valence-corrected chi connectivity index (χ3v) is 15.3. The van der Waals surface area contributed by atoms with Crippen LogP contribution in [0.5, 0.6) is 0 Å². The van der Waals surface area contributed by atoms with E-state index in [0.717, 1.165) is 24.8 Å². The molecule has 10 nitrogen and oxygen atoms in total. The molecule has 14 heteroatoms. The molecule has 1 saturated carbocycles. The van der Waals surface area contributed by atoms with Crippen molar-refractivity contribution in [2.24, 2.45) is 5.92 Å². The largest absolute Gasteiger partial charge is 0.414 e. The molecule has 0 radical (unpaired) electrons. The molecule has 2 aromatic heterocycles. The lowest BCUT2D eigenvalue weighted by Gasteiger charge is -2.41. The average molecular weight is 630 g/mol. The van der Waals surface area contributed by atoms with Crippen molar-refractivity contribution in [2.75, 3.05) is 12.3 Å². The number of aromatic amines is 1. The van der Waals surface area contributed by atoms with Crippen molar-refractivity contribution in [1.29, 1.82) is 0 Å². The Morgan fingerprint density at radius 2 is 2.10 bits per heavy atom. The van der Waals surface area contributed by atoms with Gasteiger partial charge < -0.3 is 23.9 Å². The molecule has 2 fully saturated rings. The van der Waals surface area contributed by atoms with Crippen molar-refractivity contribution in [3.05, 3.63) is 28.8 Å². The Morgan fingerprint density at radius 1 is 1.40 bits per heavy atom. The fourth-order valence-corrected chi connectivity index (χ4v) is 8.21. The van der Waals surface area contributed by atoms with Crippen molar-refractivity contribution < 1.29 is 18.2 Å². The quantitative estimate of drug-likeness (QED) is 0.146. The first-order chi connectivity index (χ1) is 18.5. The van der Waals surface area contributed by atoms with Crippen LogP contribution >= 0.6 is 19.8 Å². The monoisotopic (exact) mass is 629 g/mol. The third-order valence-electron chi connectivity index (χ3n) is 8.73. The van der Waals surface area contributed by atoms with Gasteiger partial charge in [0, 0.05) is 11.2 Å². The van der Waals surface area contributed by atoms with E-state index in [-0.39, 0.29) is 39.6 Å². The smallest absolute Gasteiger partial charge is 0.280 e. The number of allylic oxidation sites excluding steroid dienone is 1. The number of H-pyrrole nitrogens is 1. The molecule has 1 saturated heterocycles. The minimum absolute atomic E-state index is 0.0164. The first-order valence-corrected chi connectivity index (χ1v) is 19.6. The summed E-state index contributed by atoms with van der Waals surface area (Å²) in [6.07, 6.45) is 3.43. The van der Waals surface area contributed by atoms with Gasteiger partial charge in [-0.2, -0.15) is 17.6 Å². The normalized spacial score (nSPS) is 30.6. The highest BCUT2D eigenvalue weighted by Gasteiger charge is 2.44. The van der Waals surface area contributed by atoms with E-state index in [9.17, 15) is 4.79 Å². The third kappa shape index (κ3) is 6.94. The van der Waals surface area contributed by atoms with Gasteiger partial charge in [-0.05, 0) is 69.0 Å². The van der Waals surface area contributed by atoms with Crippen LogP contribution in [0.3, 0.4) is 0 Å². The van der Waals surface area contributed by atoms with E-state index in [1.165, 1.54) is 0 Å². The van der Waals surface area contributed by atoms with E-state index < -0.39 is 27.3 Å². The maximum absolute atomic E-state index is 12.3. The van der Waals surface area contributed by atoms with E-state index in [1.807, 2.05) is 0 Å². The molecule has 4 rings (SSSR count). The summed E-state index contributed by atoms with van der Waals surface area (Å²) in [7, 11) is -4.14. The summed E-state index contributed by atoms with van der Waals surface area (Å²) in [4.78, 5) is 23.4. The molecule has 1 unspecified atom stereocenters. The van der Waals surface area contributed by atoms with Crippen LogP contribution in [0.25, 0.3) is 11.2 Å². The highest BCUT2D eigenvalue weighted by Crippen LogP contribution is 2.47. The topological polar surface area (TPSA) is 127 Å². The van der Waals surface area contributed by atoms with Crippen LogP contribution in [0.1, 0.15) is 66.5 Å². The second-order valence-electron chi connectivity index (χ2n) is 12.9. The second kappa shape index (κ2) is 11.9. The molecule has 0 bridgehead atoms. The number of aromatic nitrogens is 4. The lowest BCUT2D eigenvalue weighted by Crippen LogP contribution is -2.44. The molecule has 2 aromatic rings. The van der Waals surface area contributed by atoms with Crippen LogP contribution in [0.15, 0.2) is 23.3 Å². The van der Waals surface area contributed by atoms with Crippen molar-refractivity contribution >= 4 is 57.0 Å². The standard InChI is InChI=1S/C26H44N5O5PS2Si/c1-15(2)16-9-10-26(6,38)19(11-16)36-37(39)35-17-12-20(34-18(17)13-33-40(7,8)25(3,4)5)31-14-28-21-22(31)29-24(27)30-23(21)32/h14,16-20,37-38H,1,9-13H2,2-8H3,(H3,27,29,30,32)/t16-,17+,18-,19+,20-,26+/m1/s1. The van der Waals surface area contributed by atoms with E-state index in [0.29, 0.717) is 24.6 Å². The van der Waals surface area contributed by atoms with Gasteiger partial charge in [0.05, 0.1) is 25.1 Å². The van der Waals surface area contributed by atoms with Crippen molar-refractivity contribution in [1.82, 2.24) is 19.5 Å². The number of nitrogens with zero attached hydrogens (tertiary/aromatic N) is 3. The minimum atomic E-state index is -2.09. The molecule has 0 aromatic carbocycles. The fraction of sp³-hybridized carbons (Fsp3) is 0.731. The number of nitrogens with one attached hydrogen (secondary N) is 1. The molecule has 224 valence electrons. The first kappa shape index (κ1) is 31.9. The van der Waals surface area contributed by atoms with Gasteiger partial charge in [0.1, 0.15) is 12.3 Å². The molecule has 40 heavy (non-hydrogen) atoms. The lowest BCUT2D eigenvalue weighted by atomic mass is 9.77. The highest BCUT2D eigenvalue weighted by molar-refractivity contribution is 8.00. The number of hydrogen-bond donors (Lipinski definition) is 3. The van der Waals surface area contributed by atoms with Crippen LogP contribution < -0.4 is 11.3 Å². The summed E-state index contributed by atoms with van der Waals surface area (Å²) in [5, 5.41) is 0.0400. The summed E-state index contributed by atoms with van der Waals surface area (Å²) in [6, 6.07) is 0. The van der Waals surface area contributed by atoms with Crippen LogP contribution in [0, 0.1) is 5.92 Å². The van der Waals surface area contributed by atoms with E-state index in [4.69, 9.17) is 48.4 Å². The zero-order valence-corrected chi connectivity index (χ0v) is 28.2. The minimum Gasteiger partial charge on any atom is -0.414 e. The molecule has 0 spiro atoms. The Bertz CT molecular complexity index is 1330. The predicted octanol–water partition coefficient (Wildman–Crippen LogP) is 5.35. The second-order valence-corrected chi connectivity index (χ2v) is 20.7. The summed E-state index contributed by atoms with van der Waals surface area (Å²) in [5.74, 6) is 0.403. The van der Waals surface area contributed by atoms with E-state index in [2.05, 4.69) is 69.2 Å². The Labute approximate surface area is 248 Å². The Balaban J connectivity index is 1.54. The molecule has 7 atom stereocenters. The first-order valence-electron chi connectivity index (χ1n) is 13.8. The highest BCUT2D eigenvalue weighted by atomic mass is 32.4. The molecule has 1 aliphatic carbocycles. The molecule has 0 amide bonds. The van der Waals surface area contributed by atoms with Crippen molar-refractivity contribution in [2.45, 2.75) is 108 Å². The van der Waals surface area contributed by atoms with Crippen LogP contribution in [0.4, 0.5) is 5.95 Å². The zero-order chi connectivity index (χ0) is 29.6. The van der Waals surface area contributed by atoms with Gasteiger partial charge in [-0.3, -0.25) is 14.3 Å². The number of anilines is 1. The Kier molecular flexibility index (Phi) is 9.49. The lowest BCUT2D eigenvalue weighted by molar-refractivity contribution is -0.0371. The number of nitrogen functional groups attached to an aromatic ring is 1. The fourth-order valence-electron chi connectivity index (χ4n) is 4.95. The molecular weight excluding hydrogens is 586 g/mol. The Morgan fingerprint density at radius 3 is 2.75 bits per heavy atom. The Hall–Kier alpha value is -1.05. The van der Waals surface area contributed by atoms with Gasteiger partial charge in [-0.15, -0.1) is 0 Å². The number of ether oxygens (including phenoxy) is 1. The summed E-state index contributed by atoms with van der Waals surface area (Å²) >= 11 is 10.7. The number of imidazole rings is 1. The number of thiol groups is 1. The van der Waals surface area contributed by atoms with Gasteiger partial charge in [0.2, 0.25) is 5.95 Å². The number of nitrogens with two attached hydrogens (primary N) is 1. The van der Waals surface area contributed by atoms with Crippen molar-refractivity contribution in [3.8, 4) is 0 Å². The predicted molar refractivity (Wildman–Crippen MR) is 169 cm³/mol. The molecular formula is C26H44N5O5PS2Si.